The third kappa shape index (κ3) is 7.34. The normalized spacial score (nSPS) is 13.5. The summed E-state index contributed by atoms with van der Waals surface area (Å²) in [6, 6.07) is 0. The van der Waals surface area contributed by atoms with Gasteiger partial charge >= 0.3 is 0 Å². The number of likely N-dealkylation sites (N-methyl/N-ethyl adjacent to an activating group) is 1. The Hall–Kier alpha value is -0.0800. The van der Waals surface area contributed by atoms with Crippen molar-refractivity contribution >= 4 is 0 Å². The van der Waals surface area contributed by atoms with E-state index in [1.165, 1.54) is 32.5 Å². The highest BCUT2D eigenvalue weighted by Gasteiger charge is 2.05. The van der Waals surface area contributed by atoms with Crippen LogP contribution in [0.5, 0.6) is 0 Å². The average molecular weight is 200 g/mol. The number of rotatable bonds is 9. The predicted octanol–water partition coefficient (Wildman–Crippen LogP) is 2.35. The maximum Gasteiger partial charge on any atom is 0.0107 e. The predicted molar refractivity (Wildman–Crippen MR) is 64.7 cm³/mol. The molecule has 0 bridgehead atoms. The molecule has 0 heterocycles. The highest BCUT2D eigenvalue weighted by Crippen LogP contribution is 2.03. The Morgan fingerprint density at radius 3 is 2.36 bits per heavy atom. The lowest BCUT2D eigenvalue weighted by Gasteiger charge is -2.23. The molecule has 0 aromatic carbocycles. The van der Waals surface area contributed by atoms with Crippen molar-refractivity contribution in [3.8, 4) is 0 Å². The van der Waals surface area contributed by atoms with E-state index in [-0.39, 0.29) is 0 Å². The molecule has 0 saturated carbocycles. The Labute approximate surface area is 90.1 Å². The Bertz CT molecular complexity index is 115. The van der Waals surface area contributed by atoms with E-state index in [9.17, 15) is 0 Å². The number of nitrogens with one attached hydrogen (secondary N) is 1. The van der Waals surface area contributed by atoms with Crippen LogP contribution < -0.4 is 5.32 Å². The molecule has 0 aromatic rings. The monoisotopic (exact) mass is 200 g/mol. The van der Waals surface area contributed by atoms with Crippen LogP contribution in [-0.4, -0.2) is 37.6 Å². The minimum Gasteiger partial charge on any atom is -0.315 e. The van der Waals surface area contributed by atoms with Gasteiger partial charge in [0.2, 0.25) is 0 Å². The minimum absolute atomic E-state index is 0.834. The number of hydrogen-bond acceptors (Lipinski definition) is 2. The lowest BCUT2D eigenvalue weighted by molar-refractivity contribution is 0.246. The fraction of sp³-hybridized carbons (Fsp3) is 1.00. The van der Waals surface area contributed by atoms with E-state index in [0.717, 1.165) is 19.0 Å². The zero-order valence-corrected chi connectivity index (χ0v) is 10.5. The van der Waals surface area contributed by atoms with Crippen LogP contribution >= 0.6 is 0 Å². The first kappa shape index (κ1) is 13.9. The summed E-state index contributed by atoms with van der Waals surface area (Å²) in [5.74, 6) is 0.834. The van der Waals surface area contributed by atoms with Crippen LogP contribution in [0.15, 0.2) is 0 Å². The van der Waals surface area contributed by atoms with Crippen LogP contribution in [0.4, 0.5) is 0 Å². The third-order valence-corrected chi connectivity index (χ3v) is 2.75. The van der Waals surface area contributed by atoms with Gasteiger partial charge in [-0.25, -0.2) is 0 Å². The van der Waals surface area contributed by atoms with Gasteiger partial charge in [-0.1, -0.05) is 34.1 Å². The van der Waals surface area contributed by atoms with Crippen molar-refractivity contribution < 1.29 is 0 Å². The van der Waals surface area contributed by atoms with Crippen LogP contribution in [-0.2, 0) is 0 Å². The van der Waals surface area contributed by atoms with Crippen LogP contribution in [0.2, 0.25) is 0 Å². The van der Waals surface area contributed by atoms with Gasteiger partial charge in [-0.15, -0.1) is 0 Å². The molecule has 0 aliphatic heterocycles. The molecule has 0 saturated heterocycles. The lowest BCUT2D eigenvalue weighted by atomic mass is 10.1. The number of nitrogens with zero attached hydrogens (tertiary/aromatic N) is 1. The molecule has 0 spiro atoms. The SMILES string of the molecule is CCCNCCN(CC)CC(C)CC. The van der Waals surface area contributed by atoms with Gasteiger partial charge in [0.1, 0.15) is 0 Å². The molecule has 86 valence electrons. The first-order valence-electron chi connectivity index (χ1n) is 6.17. The Balaban J connectivity index is 3.47. The molecular weight excluding hydrogens is 172 g/mol. The number of hydrogen-bond donors (Lipinski definition) is 1. The quantitative estimate of drug-likeness (QED) is 0.575. The van der Waals surface area contributed by atoms with Crippen LogP contribution in [0.25, 0.3) is 0 Å². The molecule has 0 aliphatic rings. The molecule has 1 unspecified atom stereocenters. The first-order chi connectivity index (χ1) is 6.74. The van der Waals surface area contributed by atoms with Gasteiger partial charge in [-0.05, 0) is 25.4 Å². The van der Waals surface area contributed by atoms with E-state index >= 15 is 0 Å². The first-order valence-corrected chi connectivity index (χ1v) is 6.17. The Morgan fingerprint density at radius 2 is 1.86 bits per heavy atom. The fourth-order valence-corrected chi connectivity index (χ4v) is 1.49. The molecule has 0 amide bonds. The highest BCUT2D eigenvalue weighted by atomic mass is 15.1. The minimum atomic E-state index is 0.834. The maximum atomic E-state index is 3.45. The molecule has 0 aliphatic carbocycles. The standard InChI is InChI=1S/C12H28N2/c1-5-8-13-9-10-14(7-3)11-12(4)6-2/h12-13H,5-11H2,1-4H3. The molecule has 0 aromatic heterocycles. The van der Waals surface area contributed by atoms with E-state index < -0.39 is 0 Å². The fourth-order valence-electron chi connectivity index (χ4n) is 1.49. The smallest absolute Gasteiger partial charge is 0.0107 e. The lowest BCUT2D eigenvalue weighted by Crippen LogP contribution is -2.35. The summed E-state index contributed by atoms with van der Waals surface area (Å²) in [5, 5.41) is 3.45. The summed E-state index contributed by atoms with van der Waals surface area (Å²) < 4.78 is 0. The zero-order chi connectivity index (χ0) is 10.8. The van der Waals surface area contributed by atoms with E-state index in [1.807, 2.05) is 0 Å². The van der Waals surface area contributed by atoms with Gasteiger partial charge in [0.15, 0.2) is 0 Å². The highest BCUT2D eigenvalue weighted by molar-refractivity contribution is 4.61. The summed E-state index contributed by atoms with van der Waals surface area (Å²) in [6.45, 7) is 15.0. The second-order valence-corrected chi connectivity index (χ2v) is 4.16. The van der Waals surface area contributed by atoms with Gasteiger partial charge in [-0.2, -0.15) is 0 Å². The molecule has 2 heteroatoms. The second-order valence-electron chi connectivity index (χ2n) is 4.16. The largest absolute Gasteiger partial charge is 0.315 e. The molecule has 1 atom stereocenters. The van der Waals surface area contributed by atoms with Crippen molar-refractivity contribution in [2.24, 2.45) is 5.92 Å². The van der Waals surface area contributed by atoms with Gasteiger partial charge < -0.3 is 10.2 Å². The summed E-state index contributed by atoms with van der Waals surface area (Å²) in [6.07, 6.45) is 2.52. The Kier molecular flexibility index (Phi) is 9.42. The van der Waals surface area contributed by atoms with Crippen LogP contribution in [0, 0.1) is 5.92 Å². The van der Waals surface area contributed by atoms with Gasteiger partial charge in [0.05, 0.1) is 0 Å². The van der Waals surface area contributed by atoms with E-state index in [0.29, 0.717) is 0 Å². The van der Waals surface area contributed by atoms with E-state index in [1.54, 1.807) is 0 Å². The molecule has 0 fully saturated rings. The molecule has 2 nitrogen and oxygen atoms in total. The summed E-state index contributed by atoms with van der Waals surface area (Å²) in [7, 11) is 0. The summed E-state index contributed by atoms with van der Waals surface area (Å²) >= 11 is 0. The van der Waals surface area contributed by atoms with Crippen molar-refractivity contribution in [3.63, 3.8) is 0 Å². The van der Waals surface area contributed by atoms with Crippen LogP contribution in [0.3, 0.4) is 0 Å². The molecule has 0 radical (unpaired) electrons. The third-order valence-electron chi connectivity index (χ3n) is 2.75. The van der Waals surface area contributed by atoms with Crippen molar-refractivity contribution in [3.05, 3.63) is 0 Å². The van der Waals surface area contributed by atoms with Crippen molar-refractivity contribution in [2.45, 2.75) is 40.5 Å². The Morgan fingerprint density at radius 1 is 1.14 bits per heavy atom. The van der Waals surface area contributed by atoms with Gasteiger partial charge in [0, 0.05) is 19.6 Å². The maximum absolute atomic E-state index is 3.45. The van der Waals surface area contributed by atoms with E-state index in [2.05, 4.69) is 37.9 Å². The van der Waals surface area contributed by atoms with Gasteiger partial charge in [0.25, 0.3) is 0 Å². The molecule has 14 heavy (non-hydrogen) atoms. The average Bonchev–Trinajstić information content (AvgIpc) is 2.22. The van der Waals surface area contributed by atoms with Crippen molar-refractivity contribution in [2.75, 3.05) is 32.7 Å². The molecule has 0 rings (SSSR count). The van der Waals surface area contributed by atoms with E-state index in [4.69, 9.17) is 0 Å². The van der Waals surface area contributed by atoms with Gasteiger partial charge in [-0.3, -0.25) is 0 Å². The van der Waals surface area contributed by atoms with Crippen LogP contribution in [0.1, 0.15) is 40.5 Å². The van der Waals surface area contributed by atoms with Crippen molar-refractivity contribution in [1.29, 1.82) is 0 Å². The topological polar surface area (TPSA) is 15.3 Å². The summed E-state index contributed by atoms with van der Waals surface area (Å²) in [5.41, 5.74) is 0. The molecular formula is C12H28N2. The van der Waals surface area contributed by atoms with Crippen molar-refractivity contribution in [1.82, 2.24) is 10.2 Å². The molecule has 1 N–H and O–H groups in total. The summed E-state index contributed by atoms with van der Waals surface area (Å²) in [4.78, 5) is 2.54. The second kappa shape index (κ2) is 9.47. The zero-order valence-electron chi connectivity index (χ0n) is 10.5.